The molecule has 0 atom stereocenters. The maximum Gasteiger partial charge on any atom is 0.244 e. The molecule has 4 heteroatoms. The van der Waals surface area contributed by atoms with Gasteiger partial charge in [-0.3, -0.25) is 9.69 Å². The van der Waals surface area contributed by atoms with Crippen molar-refractivity contribution in [3.8, 4) is 0 Å². The minimum Gasteiger partial charge on any atom is -0.381 e. The van der Waals surface area contributed by atoms with Gasteiger partial charge < -0.3 is 10.1 Å². The SMILES string of the molecule is O=C(/C=C/c1ccccc1)NCC1(N2CCCCC2)CCOCC1. The summed E-state index contributed by atoms with van der Waals surface area (Å²) in [5, 5.41) is 3.14. The zero-order chi connectivity index (χ0) is 16.7. The molecule has 4 nitrogen and oxygen atoms in total. The monoisotopic (exact) mass is 328 g/mol. The van der Waals surface area contributed by atoms with Gasteiger partial charge in [-0.2, -0.15) is 0 Å². The summed E-state index contributed by atoms with van der Waals surface area (Å²) in [6.45, 7) is 4.61. The molecule has 0 spiro atoms. The van der Waals surface area contributed by atoms with E-state index in [-0.39, 0.29) is 11.4 Å². The Labute approximate surface area is 144 Å². The highest BCUT2D eigenvalue weighted by Crippen LogP contribution is 2.30. The number of likely N-dealkylation sites (tertiary alicyclic amines) is 1. The van der Waals surface area contributed by atoms with E-state index in [1.54, 1.807) is 6.08 Å². The summed E-state index contributed by atoms with van der Waals surface area (Å²) >= 11 is 0. The van der Waals surface area contributed by atoms with Crippen molar-refractivity contribution >= 4 is 12.0 Å². The fourth-order valence-electron chi connectivity index (χ4n) is 3.77. The molecular weight excluding hydrogens is 300 g/mol. The highest BCUT2D eigenvalue weighted by Gasteiger charge is 2.38. The van der Waals surface area contributed by atoms with Crippen LogP contribution in [0, 0.1) is 0 Å². The predicted octanol–water partition coefficient (Wildman–Crippen LogP) is 2.85. The van der Waals surface area contributed by atoms with Crippen molar-refractivity contribution in [3.63, 3.8) is 0 Å². The second kappa shape index (κ2) is 8.45. The number of hydrogen-bond acceptors (Lipinski definition) is 3. The van der Waals surface area contributed by atoms with E-state index in [4.69, 9.17) is 4.74 Å². The Balaban J connectivity index is 1.58. The summed E-state index contributed by atoms with van der Waals surface area (Å²) in [4.78, 5) is 14.8. The molecule has 1 aromatic carbocycles. The zero-order valence-corrected chi connectivity index (χ0v) is 14.4. The second-order valence-electron chi connectivity index (χ2n) is 6.85. The number of carbonyl (C=O) groups excluding carboxylic acids is 1. The number of nitrogens with one attached hydrogen (secondary N) is 1. The molecule has 2 saturated heterocycles. The Morgan fingerprint density at radius 1 is 1.12 bits per heavy atom. The summed E-state index contributed by atoms with van der Waals surface area (Å²) in [6, 6.07) is 9.93. The Kier molecular flexibility index (Phi) is 6.05. The topological polar surface area (TPSA) is 41.6 Å². The van der Waals surface area contributed by atoms with Crippen molar-refractivity contribution in [3.05, 3.63) is 42.0 Å². The molecule has 0 unspecified atom stereocenters. The molecule has 24 heavy (non-hydrogen) atoms. The van der Waals surface area contributed by atoms with Gasteiger partial charge in [0, 0.05) is 31.4 Å². The molecule has 1 aromatic rings. The van der Waals surface area contributed by atoms with Crippen LogP contribution in [0.4, 0.5) is 0 Å². The van der Waals surface area contributed by atoms with Gasteiger partial charge in [0.05, 0.1) is 0 Å². The number of hydrogen-bond donors (Lipinski definition) is 1. The van der Waals surface area contributed by atoms with E-state index in [1.807, 2.05) is 36.4 Å². The number of rotatable bonds is 5. The van der Waals surface area contributed by atoms with Crippen molar-refractivity contribution in [1.82, 2.24) is 10.2 Å². The van der Waals surface area contributed by atoms with Crippen LogP contribution in [0.2, 0.25) is 0 Å². The van der Waals surface area contributed by atoms with Crippen LogP contribution in [0.25, 0.3) is 6.08 Å². The van der Waals surface area contributed by atoms with Gasteiger partial charge >= 0.3 is 0 Å². The van der Waals surface area contributed by atoms with Crippen molar-refractivity contribution in [2.45, 2.75) is 37.6 Å². The van der Waals surface area contributed by atoms with E-state index in [0.29, 0.717) is 6.54 Å². The molecule has 2 heterocycles. The Morgan fingerprint density at radius 2 is 1.83 bits per heavy atom. The van der Waals surface area contributed by atoms with Crippen LogP contribution >= 0.6 is 0 Å². The molecule has 0 radical (unpaired) electrons. The first-order chi connectivity index (χ1) is 11.8. The number of carbonyl (C=O) groups is 1. The summed E-state index contributed by atoms with van der Waals surface area (Å²) < 4.78 is 5.57. The average Bonchev–Trinajstić information content (AvgIpc) is 2.67. The van der Waals surface area contributed by atoms with E-state index in [1.165, 1.54) is 19.3 Å². The molecule has 3 rings (SSSR count). The first kappa shape index (κ1) is 17.2. The van der Waals surface area contributed by atoms with Gasteiger partial charge in [0.15, 0.2) is 0 Å². The molecule has 0 saturated carbocycles. The van der Waals surface area contributed by atoms with Gasteiger partial charge in [0.2, 0.25) is 5.91 Å². The summed E-state index contributed by atoms with van der Waals surface area (Å²) in [5.74, 6) is -0.0123. The Hall–Kier alpha value is -1.65. The molecule has 0 bridgehead atoms. The molecule has 1 amide bonds. The van der Waals surface area contributed by atoms with E-state index in [0.717, 1.165) is 44.7 Å². The Bertz CT molecular complexity index is 544. The maximum absolute atomic E-state index is 12.2. The standard InChI is InChI=1S/C20H28N2O2/c23-19(10-9-18-7-3-1-4-8-18)21-17-20(11-15-24-16-12-20)22-13-5-2-6-14-22/h1,3-4,7-10H,2,5-6,11-17H2,(H,21,23)/b10-9+. The van der Waals surface area contributed by atoms with E-state index >= 15 is 0 Å². The zero-order valence-electron chi connectivity index (χ0n) is 14.4. The van der Waals surface area contributed by atoms with Crippen LogP contribution in [-0.4, -0.2) is 49.2 Å². The minimum atomic E-state index is -0.0123. The van der Waals surface area contributed by atoms with Gasteiger partial charge in [-0.1, -0.05) is 36.8 Å². The lowest BCUT2D eigenvalue weighted by Gasteiger charge is -2.48. The normalized spacial score (nSPS) is 21.7. The highest BCUT2D eigenvalue weighted by molar-refractivity contribution is 5.91. The molecule has 2 aliphatic heterocycles. The second-order valence-corrected chi connectivity index (χ2v) is 6.85. The number of amides is 1. The summed E-state index contributed by atoms with van der Waals surface area (Å²) in [5.41, 5.74) is 1.12. The van der Waals surface area contributed by atoms with Crippen LogP contribution in [0.15, 0.2) is 36.4 Å². The quantitative estimate of drug-likeness (QED) is 0.845. The number of nitrogens with zero attached hydrogens (tertiary/aromatic N) is 1. The van der Waals surface area contributed by atoms with Crippen molar-refractivity contribution < 1.29 is 9.53 Å². The molecule has 0 aromatic heterocycles. The smallest absolute Gasteiger partial charge is 0.244 e. The van der Waals surface area contributed by atoms with Crippen LogP contribution in [0.3, 0.4) is 0 Å². The average molecular weight is 328 g/mol. The van der Waals surface area contributed by atoms with Gasteiger partial charge in [-0.15, -0.1) is 0 Å². The highest BCUT2D eigenvalue weighted by atomic mass is 16.5. The molecule has 2 fully saturated rings. The first-order valence-electron chi connectivity index (χ1n) is 9.12. The molecule has 130 valence electrons. The van der Waals surface area contributed by atoms with E-state index in [9.17, 15) is 4.79 Å². The molecular formula is C20H28N2O2. The fraction of sp³-hybridized carbons (Fsp3) is 0.550. The van der Waals surface area contributed by atoms with Crippen molar-refractivity contribution in [1.29, 1.82) is 0 Å². The van der Waals surface area contributed by atoms with Crippen LogP contribution in [0.5, 0.6) is 0 Å². The third-order valence-electron chi connectivity index (χ3n) is 5.27. The Morgan fingerprint density at radius 3 is 2.54 bits per heavy atom. The summed E-state index contributed by atoms with van der Waals surface area (Å²) in [7, 11) is 0. The van der Waals surface area contributed by atoms with Gasteiger partial charge in [0.1, 0.15) is 0 Å². The largest absolute Gasteiger partial charge is 0.381 e. The lowest BCUT2D eigenvalue weighted by atomic mass is 9.86. The molecule has 2 aliphatic rings. The fourth-order valence-corrected chi connectivity index (χ4v) is 3.77. The number of benzene rings is 1. The molecule has 0 aliphatic carbocycles. The van der Waals surface area contributed by atoms with E-state index in [2.05, 4.69) is 10.2 Å². The summed E-state index contributed by atoms with van der Waals surface area (Å²) in [6.07, 6.45) is 9.39. The lowest BCUT2D eigenvalue weighted by molar-refractivity contribution is -0.118. The third kappa shape index (κ3) is 4.46. The molecule has 1 N–H and O–H groups in total. The van der Waals surface area contributed by atoms with Crippen molar-refractivity contribution in [2.24, 2.45) is 0 Å². The van der Waals surface area contributed by atoms with Crippen molar-refractivity contribution in [2.75, 3.05) is 32.8 Å². The lowest BCUT2D eigenvalue weighted by Crippen LogP contribution is -2.59. The predicted molar refractivity (Wildman–Crippen MR) is 96.7 cm³/mol. The van der Waals surface area contributed by atoms with Crippen LogP contribution < -0.4 is 5.32 Å². The third-order valence-corrected chi connectivity index (χ3v) is 5.27. The van der Waals surface area contributed by atoms with Gasteiger partial charge in [-0.05, 0) is 50.4 Å². The van der Waals surface area contributed by atoms with Gasteiger partial charge in [0.25, 0.3) is 0 Å². The number of piperidine rings is 1. The van der Waals surface area contributed by atoms with E-state index < -0.39 is 0 Å². The first-order valence-corrected chi connectivity index (χ1v) is 9.12. The minimum absolute atomic E-state index is 0.0123. The number of ether oxygens (including phenoxy) is 1. The van der Waals surface area contributed by atoms with Crippen LogP contribution in [0.1, 0.15) is 37.7 Å². The maximum atomic E-state index is 12.2. The van der Waals surface area contributed by atoms with Gasteiger partial charge in [-0.25, -0.2) is 0 Å². The van der Waals surface area contributed by atoms with Crippen LogP contribution in [-0.2, 0) is 9.53 Å².